The minimum absolute atomic E-state index is 0.0242. The number of carbonyl (C=O) groups is 1. The van der Waals surface area contributed by atoms with E-state index in [-0.39, 0.29) is 24.5 Å². The van der Waals surface area contributed by atoms with Gasteiger partial charge in [-0.1, -0.05) is 0 Å². The molecule has 0 N–H and O–H groups in total. The molecule has 1 unspecified atom stereocenters. The summed E-state index contributed by atoms with van der Waals surface area (Å²) in [7, 11) is 0. The normalized spacial score (nSPS) is 18.9. The number of hydrogen-bond acceptors (Lipinski definition) is 4. The highest BCUT2D eigenvalue weighted by molar-refractivity contribution is 9.10. The van der Waals surface area contributed by atoms with Gasteiger partial charge in [-0.05, 0) is 61.8 Å². The summed E-state index contributed by atoms with van der Waals surface area (Å²) < 4.78 is 50.0. The van der Waals surface area contributed by atoms with Crippen LogP contribution in [0.15, 0.2) is 22.7 Å². The molecule has 1 amide bonds. The Morgan fingerprint density at radius 1 is 1.25 bits per heavy atom. The second-order valence-electron chi connectivity index (χ2n) is 7.81. The first-order valence-corrected chi connectivity index (χ1v) is 9.87. The van der Waals surface area contributed by atoms with Crippen LogP contribution in [-0.4, -0.2) is 60.3 Å². The number of nitrogens with zero attached hydrogens (tertiary/aromatic N) is 2. The highest BCUT2D eigenvalue weighted by Crippen LogP contribution is 2.35. The molecule has 0 saturated carbocycles. The van der Waals surface area contributed by atoms with E-state index in [1.807, 2.05) is 27.7 Å². The fourth-order valence-electron chi connectivity index (χ4n) is 2.90. The van der Waals surface area contributed by atoms with Crippen LogP contribution >= 0.6 is 15.9 Å². The number of ether oxygens (including phenoxy) is 2. The average Bonchev–Trinajstić information content (AvgIpc) is 2.54. The lowest BCUT2D eigenvalue weighted by Crippen LogP contribution is -2.55. The van der Waals surface area contributed by atoms with Crippen molar-refractivity contribution in [2.75, 3.05) is 32.8 Å². The van der Waals surface area contributed by atoms with Crippen LogP contribution in [0.25, 0.3) is 0 Å². The lowest BCUT2D eigenvalue weighted by atomic mass is 10.2. The molecular formula is C19H26BrF3N2O3. The third-order valence-electron chi connectivity index (χ3n) is 4.26. The van der Waals surface area contributed by atoms with E-state index in [4.69, 9.17) is 9.47 Å². The molecule has 0 radical (unpaired) electrons. The lowest BCUT2D eigenvalue weighted by Gasteiger charge is -2.40. The summed E-state index contributed by atoms with van der Waals surface area (Å²) in [4.78, 5) is 16.1. The smallest absolute Gasteiger partial charge is 0.416 e. The van der Waals surface area contributed by atoms with E-state index in [9.17, 15) is 18.0 Å². The van der Waals surface area contributed by atoms with Gasteiger partial charge in [0.2, 0.25) is 0 Å². The Labute approximate surface area is 171 Å². The van der Waals surface area contributed by atoms with Gasteiger partial charge in [0.1, 0.15) is 18.0 Å². The molecule has 1 aromatic carbocycles. The molecule has 1 atom stereocenters. The molecule has 28 heavy (non-hydrogen) atoms. The van der Waals surface area contributed by atoms with Crippen LogP contribution < -0.4 is 4.74 Å². The summed E-state index contributed by atoms with van der Waals surface area (Å²) in [5, 5.41) is 0. The summed E-state index contributed by atoms with van der Waals surface area (Å²) in [6.45, 7) is 10.1. The third kappa shape index (κ3) is 6.55. The lowest BCUT2D eigenvalue weighted by molar-refractivity contribution is -0.137. The summed E-state index contributed by atoms with van der Waals surface area (Å²) >= 11 is 3.22. The molecule has 1 aliphatic rings. The van der Waals surface area contributed by atoms with Crippen LogP contribution in [0.3, 0.4) is 0 Å². The van der Waals surface area contributed by atoms with Crippen molar-refractivity contribution in [3.05, 3.63) is 28.2 Å². The van der Waals surface area contributed by atoms with Gasteiger partial charge in [-0.25, -0.2) is 4.79 Å². The van der Waals surface area contributed by atoms with Crippen LogP contribution in [0, 0.1) is 0 Å². The van der Waals surface area contributed by atoms with E-state index in [0.717, 1.165) is 12.1 Å². The predicted molar refractivity (Wildman–Crippen MR) is 103 cm³/mol. The Hall–Kier alpha value is -1.48. The van der Waals surface area contributed by atoms with Crippen molar-refractivity contribution >= 4 is 22.0 Å². The first kappa shape index (κ1) is 22.8. The van der Waals surface area contributed by atoms with Gasteiger partial charge in [0.25, 0.3) is 0 Å². The highest BCUT2D eigenvalue weighted by atomic mass is 79.9. The van der Waals surface area contributed by atoms with Gasteiger partial charge >= 0.3 is 12.3 Å². The van der Waals surface area contributed by atoms with Crippen molar-refractivity contribution < 1.29 is 27.4 Å². The highest BCUT2D eigenvalue weighted by Gasteiger charge is 2.32. The number of carbonyl (C=O) groups excluding carboxylic acids is 1. The summed E-state index contributed by atoms with van der Waals surface area (Å²) in [6.07, 6.45) is -4.74. The molecule has 1 aliphatic heterocycles. The minimum Gasteiger partial charge on any atom is -0.491 e. The van der Waals surface area contributed by atoms with Crippen molar-refractivity contribution in [3.63, 3.8) is 0 Å². The molecule has 0 spiro atoms. The first-order valence-electron chi connectivity index (χ1n) is 9.08. The number of piperazine rings is 1. The van der Waals surface area contributed by atoms with Crippen molar-refractivity contribution in [1.29, 1.82) is 0 Å². The zero-order valence-corrected chi connectivity index (χ0v) is 18.1. The largest absolute Gasteiger partial charge is 0.491 e. The van der Waals surface area contributed by atoms with Gasteiger partial charge in [-0.2, -0.15) is 13.2 Å². The maximum absolute atomic E-state index is 12.8. The van der Waals surface area contributed by atoms with Crippen molar-refractivity contribution in [3.8, 4) is 5.75 Å². The molecule has 1 fully saturated rings. The van der Waals surface area contributed by atoms with Crippen molar-refractivity contribution in [1.82, 2.24) is 9.80 Å². The molecule has 2 rings (SSSR count). The summed E-state index contributed by atoms with van der Waals surface area (Å²) in [5.41, 5.74) is -1.29. The van der Waals surface area contributed by atoms with Crippen LogP contribution in [0.2, 0.25) is 0 Å². The van der Waals surface area contributed by atoms with Crippen LogP contribution in [-0.2, 0) is 10.9 Å². The minimum atomic E-state index is -4.41. The zero-order valence-electron chi connectivity index (χ0n) is 16.5. The van der Waals surface area contributed by atoms with Gasteiger partial charge in [0, 0.05) is 32.2 Å². The zero-order chi connectivity index (χ0) is 21.1. The monoisotopic (exact) mass is 466 g/mol. The van der Waals surface area contributed by atoms with E-state index >= 15 is 0 Å². The third-order valence-corrected chi connectivity index (χ3v) is 4.92. The molecule has 0 aliphatic carbocycles. The van der Waals surface area contributed by atoms with Gasteiger partial charge in [-0.3, -0.25) is 4.90 Å². The SMILES string of the molecule is CC1CN(CCOc2cc(C(F)(F)F)ccc2Br)CCN1C(=O)OC(C)(C)C. The quantitative estimate of drug-likeness (QED) is 0.639. The van der Waals surface area contributed by atoms with E-state index < -0.39 is 17.3 Å². The Morgan fingerprint density at radius 2 is 1.93 bits per heavy atom. The van der Waals surface area contributed by atoms with Crippen LogP contribution in [0.5, 0.6) is 5.75 Å². The second kappa shape index (κ2) is 8.90. The van der Waals surface area contributed by atoms with E-state index in [0.29, 0.717) is 30.7 Å². The molecule has 1 heterocycles. The maximum atomic E-state index is 12.8. The molecule has 0 bridgehead atoms. The maximum Gasteiger partial charge on any atom is 0.416 e. The molecule has 158 valence electrons. The standard InChI is InChI=1S/C19H26BrF3N2O3/c1-13-12-24(7-8-25(13)17(26)28-18(2,3)4)9-10-27-16-11-14(19(21,22)23)5-6-15(16)20/h5-6,11,13H,7-10,12H2,1-4H3. The van der Waals surface area contributed by atoms with E-state index in [1.165, 1.54) is 6.07 Å². The van der Waals surface area contributed by atoms with E-state index in [1.54, 1.807) is 4.90 Å². The molecule has 0 aromatic heterocycles. The fraction of sp³-hybridized carbons (Fsp3) is 0.632. The molecular weight excluding hydrogens is 441 g/mol. The number of hydrogen-bond donors (Lipinski definition) is 0. The number of amides is 1. The summed E-state index contributed by atoms with van der Waals surface area (Å²) in [6, 6.07) is 3.31. The average molecular weight is 467 g/mol. The predicted octanol–water partition coefficient (Wildman–Crippen LogP) is 4.79. The van der Waals surface area contributed by atoms with Gasteiger partial charge in [0.15, 0.2) is 0 Å². The van der Waals surface area contributed by atoms with Crippen molar-refractivity contribution in [2.24, 2.45) is 0 Å². The molecule has 5 nitrogen and oxygen atoms in total. The van der Waals surface area contributed by atoms with Gasteiger partial charge < -0.3 is 14.4 Å². The topological polar surface area (TPSA) is 42.0 Å². The van der Waals surface area contributed by atoms with Gasteiger partial charge in [-0.15, -0.1) is 0 Å². The van der Waals surface area contributed by atoms with Crippen LogP contribution in [0.1, 0.15) is 33.3 Å². The molecule has 9 heteroatoms. The number of rotatable bonds is 4. The van der Waals surface area contributed by atoms with Crippen molar-refractivity contribution in [2.45, 2.75) is 45.5 Å². The molecule has 1 saturated heterocycles. The Balaban J connectivity index is 1.85. The summed E-state index contributed by atoms with van der Waals surface area (Å²) in [5.74, 6) is 0.162. The Bertz CT molecular complexity index is 692. The molecule has 1 aromatic rings. The second-order valence-corrected chi connectivity index (χ2v) is 8.67. The van der Waals surface area contributed by atoms with E-state index in [2.05, 4.69) is 20.8 Å². The number of benzene rings is 1. The van der Waals surface area contributed by atoms with Gasteiger partial charge in [0.05, 0.1) is 10.0 Å². The first-order chi connectivity index (χ1) is 12.9. The number of alkyl halides is 3. The van der Waals surface area contributed by atoms with Crippen LogP contribution in [0.4, 0.5) is 18.0 Å². The number of halogens is 4. The Morgan fingerprint density at radius 3 is 2.50 bits per heavy atom. The fourth-order valence-corrected chi connectivity index (χ4v) is 3.26. The Kier molecular flexibility index (Phi) is 7.25.